The first-order valence-corrected chi connectivity index (χ1v) is 11.2. The summed E-state index contributed by atoms with van der Waals surface area (Å²) in [5, 5.41) is 38.1. The van der Waals surface area contributed by atoms with Gasteiger partial charge in [0.25, 0.3) is 0 Å². The number of carboxylic acid groups (broad SMARTS) is 1. The Kier molecular flexibility index (Phi) is 6.95. The van der Waals surface area contributed by atoms with Crippen molar-refractivity contribution in [3.63, 3.8) is 0 Å². The molecule has 1 heterocycles. The Morgan fingerprint density at radius 3 is 2.34 bits per heavy atom. The summed E-state index contributed by atoms with van der Waals surface area (Å²) in [4.78, 5) is 10.6. The van der Waals surface area contributed by atoms with Crippen LogP contribution in [-0.2, 0) is 17.4 Å². The topological polar surface area (TPSA) is 107 Å². The zero-order valence-corrected chi connectivity index (χ0v) is 20.1. The molecule has 0 fully saturated rings. The molecule has 4 rings (SSSR count). The van der Waals surface area contributed by atoms with Crippen molar-refractivity contribution >= 4 is 28.2 Å². The minimum absolute atomic E-state index is 0.0326. The molecule has 0 spiro atoms. The summed E-state index contributed by atoms with van der Waals surface area (Å²) in [5.74, 6) is -3.84. The molecule has 3 aromatic carbocycles. The maximum absolute atomic E-state index is 13.5. The Balaban J connectivity index is 1.79. The average molecular weight is 527 g/mol. The maximum atomic E-state index is 13.5. The van der Waals surface area contributed by atoms with Crippen LogP contribution >= 0.6 is 0 Å². The van der Waals surface area contributed by atoms with Crippen LogP contribution in [0.3, 0.4) is 0 Å². The number of aliphatic carboxylic acids is 1. The van der Waals surface area contributed by atoms with E-state index >= 15 is 0 Å². The number of nitrogens with zero attached hydrogens (tertiary/aromatic N) is 3. The van der Waals surface area contributed by atoms with Crippen LogP contribution in [0.25, 0.3) is 16.6 Å². The van der Waals surface area contributed by atoms with E-state index in [1.807, 2.05) is 13.8 Å². The van der Waals surface area contributed by atoms with Crippen LogP contribution in [0.2, 0.25) is 0 Å². The molecule has 38 heavy (non-hydrogen) atoms. The molecule has 7 nitrogen and oxygen atoms in total. The number of aromatic nitrogens is 1. The van der Waals surface area contributed by atoms with Crippen LogP contribution in [0.4, 0.5) is 28.9 Å². The van der Waals surface area contributed by atoms with Crippen LogP contribution in [0.1, 0.15) is 22.3 Å². The predicted molar refractivity (Wildman–Crippen MR) is 132 cm³/mol. The van der Waals surface area contributed by atoms with Crippen molar-refractivity contribution < 1.29 is 37.7 Å². The van der Waals surface area contributed by atoms with Gasteiger partial charge in [-0.25, -0.2) is 4.79 Å². The molecule has 1 aromatic heterocycles. The number of hydrogen-bond donors (Lipinski definition) is 3. The fourth-order valence-corrected chi connectivity index (χ4v) is 3.84. The van der Waals surface area contributed by atoms with Gasteiger partial charge in [-0.3, -0.25) is 4.57 Å². The Bertz CT molecular complexity index is 1620. The normalized spacial score (nSPS) is 12.5. The van der Waals surface area contributed by atoms with Crippen LogP contribution < -0.4 is 0 Å². The Hall–Kier alpha value is -4.67. The van der Waals surface area contributed by atoms with Crippen molar-refractivity contribution in [2.24, 2.45) is 10.2 Å². The zero-order chi connectivity index (χ0) is 27.8. The fraction of sp³-hybridized carbons (Fsp3) is 0.148. The molecule has 0 bridgehead atoms. The third-order valence-corrected chi connectivity index (χ3v) is 6.01. The predicted octanol–water partition coefficient (Wildman–Crippen LogP) is 7.57. The molecular weight excluding hydrogens is 506 g/mol. The lowest BCUT2D eigenvalue weighted by molar-refractivity contribution is -0.137. The number of alkyl halides is 3. The van der Waals surface area contributed by atoms with Gasteiger partial charge >= 0.3 is 12.1 Å². The van der Waals surface area contributed by atoms with Crippen LogP contribution in [0.5, 0.6) is 11.6 Å². The lowest BCUT2D eigenvalue weighted by Gasteiger charge is -2.11. The first-order valence-electron chi connectivity index (χ1n) is 11.2. The highest BCUT2D eigenvalue weighted by atomic mass is 19.4. The third kappa shape index (κ3) is 5.22. The molecule has 11 heteroatoms. The summed E-state index contributed by atoms with van der Waals surface area (Å²) in [6.07, 6.45) is -3.87. The van der Waals surface area contributed by atoms with Gasteiger partial charge in [-0.2, -0.15) is 17.6 Å². The van der Waals surface area contributed by atoms with Crippen LogP contribution in [-0.4, -0.2) is 25.9 Å². The molecule has 0 radical (unpaired) electrons. The van der Waals surface area contributed by atoms with Crippen molar-refractivity contribution in [3.8, 4) is 17.3 Å². The van der Waals surface area contributed by atoms with E-state index in [-0.39, 0.29) is 34.4 Å². The molecular formula is C27H21F4N3O4. The number of hydrogen-bond acceptors (Lipinski definition) is 5. The number of carbonyl (C=O) groups is 1. The molecule has 0 atom stereocenters. The van der Waals surface area contributed by atoms with Crippen molar-refractivity contribution in [2.75, 3.05) is 0 Å². The monoisotopic (exact) mass is 527 g/mol. The fourth-order valence-electron chi connectivity index (χ4n) is 3.84. The summed E-state index contributed by atoms with van der Waals surface area (Å²) in [6.45, 7) is 3.71. The summed E-state index contributed by atoms with van der Waals surface area (Å²) in [6, 6.07) is 12.2. The minimum Gasteiger partial charge on any atom is -0.506 e. The largest absolute Gasteiger partial charge is 0.506 e. The summed E-state index contributed by atoms with van der Waals surface area (Å²) in [7, 11) is 0. The van der Waals surface area contributed by atoms with Gasteiger partial charge in [0.05, 0.1) is 11.1 Å². The van der Waals surface area contributed by atoms with Gasteiger partial charge in [0.15, 0.2) is 5.69 Å². The molecule has 0 unspecified atom stereocenters. The number of fused-ring (bicyclic) bond motifs is 1. The number of aromatic hydroxyl groups is 2. The highest BCUT2D eigenvalue weighted by Crippen LogP contribution is 2.44. The Morgan fingerprint density at radius 1 is 0.974 bits per heavy atom. The number of benzene rings is 3. The SMILES string of the molecule is Cc1ccc(-n2c(O)c(N=Nc3ccc(C/C=C(\F)C(=O)O)cc3O)c3ccc(C(F)(F)F)cc32)cc1C. The summed E-state index contributed by atoms with van der Waals surface area (Å²) in [5.41, 5.74) is 1.65. The van der Waals surface area contributed by atoms with Gasteiger partial charge in [-0.15, -0.1) is 10.2 Å². The van der Waals surface area contributed by atoms with E-state index in [2.05, 4.69) is 10.2 Å². The molecule has 0 saturated carbocycles. The third-order valence-electron chi connectivity index (χ3n) is 6.01. The first-order chi connectivity index (χ1) is 17.9. The Morgan fingerprint density at radius 2 is 1.71 bits per heavy atom. The lowest BCUT2D eigenvalue weighted by atomic mass is 10.1. The van der Waals surface area contributed by atoms with E-state index in [0.717, 1.165) is 29.3 Å². The van der Waals surface area contributed by atoms with Gasteiger partial charge in [0, 0.05) is 11.1 Å². The van der Waals surface area contributed by atoms with Gasteiger partial charge in [-0.1, -0.05) is 12.1 Å². The quantitative estimate of drug-likeness (QED) is 0.137. The average Bonchev–Trinajstić information content (AvgIpc) is 3.13. The standard InChI is InChI=1S/C27H21F4N3O4/c1-14-3-7-18(11-15(14)2)34-22-13-17(27(29,30)31)6-8-19(22)24(25(34)36)33-32-21-10-5-16(12-23(21)35)4-9-20(28)26(37)38/h3,5-13,35-36H,4H2,1-2H3,(H,37,38)/b20-9-,33-32?. The number of rotatable bonds is 6. The Labute approximate surface area is 213 Å². The smallest absolute Gasteiger partial charge is 0.416 e. The van der Waals surface area contributed by atoms with Gasteiger partial charge < -0.3 is 15.3 Å². The van der Waals surface area contributed by atoms with E-state index in [1.54, 1.807) is 18.2 Å². The van der Waals surface area contributed by atoms with E-state index in [4.69, 9.17) is 5.11 Å². The second-order valence-electron chi connectivity index (χ2n) is 8.59. The van der Waals surface area contributed by atoms with Gasteiger partial charge in [-0.05, 0) is 85.5 Å². The summed E-state index contributed by atoms with van der Waals surface area (Å²) >= 11 is 0. The molecule has 4 aromatic rings. The second-order valence-corrected chi connectivity index (χ2v) is 8.59. The number of halogens is 4. The van der Waals surface area contributed by atoms with Crippen LogP contribution in [0, 0.1) is 13.8 Å². The molecule has 0 aliphatic rings. The van der Waals surface area contributed by atoms with Crippen LogP contribution in [0.15, 0.2) is 76.7 Å². The molecule has 0 saturated heterocycles. The second kappa shape index (κ2) is 10.0. The number of aryl methyl sites for hydroxylation is 2. The van der Waals surface area contributed by atoms with E-state index in [0.29, 0.717) is 11.3 Å². The van der Waals surface area contributed by atoms with Crippen molar-refractivity contribution in [1.82, 2.24) is 4.57 Å². The maximum Gasteiger partial charge on any atom is 0.416 e. The summed E-state index contributed by atoms with van der Waals surface area (Å²) < 4.78 is 54.8. The van der Waals surface area contributed by atoms with Crippen molar-refractivity contribution in [1.29, 1.82) is 0 Å². The van der Waals surface area contributed by atoms with Gasteiger partial charge in [0.2, 0.25) is 11.7 Å². The highest BCUT2D eigenvalue weighted by Gasteiger charge is 2.32. The van der Waals surface area contributed by atoms with E-state index in [1.165, 1.54) is 28.8 Å². The number of phenolic OH excluding ortho intramolecular Hbond substituents is 1. The van der Waals surface area contributed by atoms with Gasteiger partial charge in [0.1, 0.15) is 11.4 Å². The minimum atomic E-state index is -4.61. The zero-order valence-electron chi connectivity index (χ0n) is 20.1. The number of phenols is 1. The molecule has 0 amide bonds. The van der Waals surface area contributed by atoms with Crippen molar-refractivity contribution in [3.05, 3.63) is 88.8 Å². The molecule has 3 N–H and O–H groups in total. The van der Waals surface area contributed by atoms with Crippen molar-refractivity contribution in [2.45, 2.75) is 26.4 Å². The highest BCUT2D eigenvalue weighted by molar-refractivity contribution is 5.97. The molecule has 196 valence electrons. The number of carboxylic acids is 1. The first kappa shape index (κ1) is 26.4. The number of allylic oxidation sites excluding steroid dienone is 1. The van der Waals surface area contributed by atoms with E-state index < -0.39 is 29.4 Å². The molecule has 0 aliphatic heterocycles. The lowest BCUT2D eigenvalue weighted by Crippen LogP contribution is -2.05. The number of azo groups is 1. The van der Waals surface area contributed by atoms with E-state index in [9.17, 15) is 32.6 Å². The molecule has 0 aliphatic carbocycles.